The Hall–Kier alpha value is -2.37. The van der Waals surface area contributed by atoms with Crippen molar-refractivity contribution in [2.24, 2.45) is 4.99 Å². The average Bonchev–Trinajstić information content (AvgIpc) is 3.27. The molecule has 2 aromatic carbocycles. The second-order valence-electron chi connectivity index (χ2n) is 6.96. The molecule has 5 nitrogen and oxygen atoms in total. The van der Waals surface area contributed by atoms with Crippen LogP contribution in [0.2, 0.25) is 0 Å². The van der Waals surface area contributed by atoms with E-state index in [9.17, 15) is 0 Å². The third kappa shape index (κ3) is 6.36. The average molecular weight is 382 g/mol. The summed E-state index contributed by atoms with van der Waals surface area (Å²) in [5, 5.41) is 6.78. The maximum atomic E-state index is 5.71. The molecule has 0 bridgehead atoms. The lowest BCUT2D eigenvalue weighted by Gasteiger charge is -2.20. The van der Waals surface area contributed by atoms with Crippen molar-refractivity contribution in [3.63, 3.8) is 0 Å². The highest BCUT2D eigenvalue weighted by molar-refractivity contribution is 5.79. The number of guanidine groups is 1. The molecule has 1 aliphatic heterocycles. The monoisotopic (exact) mass is 381 g/mol. The Labute approximate surface area is 168 Å². The van der Waals surface area contributed by atoms with Crippen LogP contribution in [0.3, 0.4) is 0 Å². The van der Waals surface area contributed by atoms with Gasteiger partial charge in [0.1, 0.15) is 0 Å². The van der Waals surface area contributed by atoms with Crippen molar-refractivity contribution >= 4 is 5.96 Å². The van der Waals surface area contributed by atoms with Crippen molar-refractivity contribution in [1.29, 1.82) is 0 Å². The summed E-state index contributed by atoms with van der Waals surface area (Å²) >= 11 is 0. The molecule has 2 aromatic rings. The molecule has 1 unspecified atom stereocenters. The lowest BCUT2D eigenvalue weighted by Crippen LogP contribution is -2.41. The summed E-state index contributed by atoms with van der Waals surface area (Å²) in [6.45, 7) is 3.67. The topological polar surface area (TPSA) is 54.9 Å². The van der Waals surface area contributed by atoms with Gasteiger partial charge < -0.3 is 20.1 Å². The van der Waals surface area contributed by atoms with Crippen molar-refractivity contribution < 1.29 is 9.47 Å². The Kier molecular flexibility index (Phi) is 8.34. The predicted octanol–water partition coefficient (Wildman–Crippen LogP) is 3.18. The minimum absolute atomic E-state index is 0.261. The van der Waals surface area contributed by atoms with Crippen molar-refractivity contribution in [2.45, 2.75) is 24.9 Å². The quantitative estimate of drug-likeness (QED) is 0.398. The fraction of sp³-hybridized carbons (Fsp3) is 0.435. The first-order valence-electron chi connectivity index (χ1n) is 10.1. The van der Waals surface area contributed by atoms with E-state index in [1.165, 1.54) is 11.1 Å². The highest BCUT2D eigenvalue weighted by Gasteiger charge is 2.16. The molecule has 1 heterocycles. The smallest absolute Gasteiger partial charge is 0.191 e. The molecule has 0 aromatic heterocycles. The van der Waals surface area contributed by atoms with Gasteiger partial charge in [-0.1, -0.05) is 60.7 Å². The molecule has 3 rings (SSSR count). The third-order valence-corrected chi connectivity index (χ3v) is 4.97. The lowest BCUT2D eigenvalue weighted by atomic mass is 9.91. The maximum Gasteiger partial charge on any atom is 0.191 e. The van der Waals surface area contributed by atoms with Crippen LogP contribution >= 0.6 is 0 Å². The number of nitrogens with one attached hydrogen (secondary N) is 2. The van der Waals surface area contributed by atoms with Crippen LogP contribution in [0.4, 0.5) is 0 Å². The van der Waals surface area contributed by atoms with Gasteiger partial charge in [0.2, 0.25) is 0 Å². The molecule has 5 heteroatoms. The molecular weight excluding hydrogens is 350 g/mol. The van der Waals surface area contributed by atoms with Crippen LogP contribution < -0.4 is 10.6 Å². The van der Waals surface area contributed by atoms with Crippen molar-refractivity contribution in [2.75, 3.05) is 40.0 Å². The molecule has 0 saturated carbocycles. The van der Waals surface area contributed by atoms with E-state index in [0.717, 1.165) is 32.0 Å². The van der Waals surface area contributed by atoms with Gasteiger partial charge in [-0.15, -0.1) is 0 Å². The molecule has 150 valence electrons. The number of benzene rings is 2. The molecule has 1 aliphatic rings. The second-order valence-corrected chi connectivity index (χ2v) is 6.96. The summed E-state index contributed by atoms with van der Waals surface area (Å²) in [6.07, 6.45) is 2.53. The van der Waals surface area contributed by atoms with Crippen LogP contribution in [0.1, 0.15) is 29.9 Å². The lowest BCUT2D eigenvalue weighted by molar-refractivity contribution is 0.0191. The van der Waals surface area contributed by atoms with Crippen LogP contribution in [-0.2, 0) is 9.47 Å². The normalized spacial score (nSPS) is 17.1. The summed E-state index contributed by atoms with van der Waals surface area (Å²) in [4.78, 5) is 4.34. The molecule has 0 spiro atoms. The van der Waals surface area contributed by atoms with E-state index in [4.69, 9.17) is 9.47 Å². The van der Waals surface area contributed by atoms with Gasteiger partial charge in [-0.05, 0) is 24.0 Å². The highest BCUT2D eigenvalue weighted by atomic mass is 16.5. The molecular formula is C23H31N3O2. The van der Waals surface area contributed by atoms with E-state index in [2.05, 4.69) is 76.3 Å². The zero-order valence-corrected chi connectivity index (χ0v) is 16.6. The Morgan fingerprint density at radius 1 is 1.07 bits per heavy atom. The molecule has 1 atom stereocenters. The van der Waals surface area contributed by atoms with Gasteiger partial charge in [-0.3, -0.25) is 4.99 Å². The molecule has 2 N–H and O–H groups in total. The number of rotatable bonds is 9. The molecule has 0 radical (unpaired) electrons. The third-order valence-electron chi connectivity index (χ3n) is 4.97. The highest BCUT2D eigenvalue weighted by Crippen LogP contribution is 2.23. The number of aliphatic imine (C=N–C) groups is 1. The van der Waals surface area contributed by atoms with E-state index >= 15 is 0 Å². The first kappa shape index (κ1) is 20.4. The van der Waals surface area contributed by atoms with Crippen molar-refractivity contribution in [3.8, 4) is 0 Å². The predicted molar refractivity (Wildman–Crippen MR) is 114 cm³/mol. The number of hydrogen-bond acceptors (Lipinski definition) is 3. The fourth-order valence-electron chi connectivity index (χ4n) is 3.45. The van der Waals surface area contributed by atoms with Crippen molar-refractivity contribution in [1.82, 2.24) is 10.6 Å². The van der Waals surface area contributed by atoms with Gasteiger partial charge in [-0.2, -0.15) is 0 Å². The van der Waals surface area contributed by atoms with E-state index in [0.29, 0.717) is 19.8 Å². The molecule has 0 aliphatic carbocycles. The molecule has 0 amide bonds. The van der Waals surface area contributed by atoms with Crippen LogP contribution in [0.5, 0.6) is 0 Å². The SMILES string of the molecule is CN=C(NCCOCC1CCCO1)NCC(c1ccccc1)c1ccccc1. The van der Waals surface area contributed by atoms with Crippen molar-refractivity contribution in [3.05, 3.63) is 71.8 Å². The minimum atomic E-state index is 0.261. The summed E-state index contributed by atoms with van der Waals surface area (Å²) in [6, 6.07) is 21.2. The first-order valence-corrected chi connectivity index (χ1v) is 10.1. The number of nitrogens with zero attached hydrogens (tertiary/aromatic N) is 1. The Morgan fingerprint density at radius 3 is 2.32 bits per heavy atom. The minimum Gasteiger partial charge on any atom is -0.377 e. The first-order chi connectivity index (χ1) is 13.9. The Morgan fingerprint density at radius 2 is 1.75 bits per heavy atom. The van der Waals surface area contributed by atoms with Gasteiger partial charge in [0.25, 0.3) is 0 Å². The van der Waals surface area contributed by atoms with Crippen LogP contribution in [-0.4, -0.2) is 52.0 Å². The van der Waals surface area contributed by atoms with E-state index in [1.54, 1.807) is 7.05 Å². The summed E-state index contributed by atoms with van der Waals surface area (Å²) in [5.41, 5.74) is 2.58. The largest absolute Gasteiger partial charge is 0.377 e. The van der Waals surface area contributed by atoms with Gasteiger partial charge in [-0.25, -0.2) is 0 Å². The summed E-state index contributed by atoms with van der Waals surface area (Å²) < 4.78 is 11.3. The number of ether oxygens (including phenoxy) is 2. The summed E-state index contributed by atoms with van der Waals surface area (Å²) in [5.74, 6) is 1.05. The van der Waals surface area contributed by atoms with Crippen LogP contribution in [0.25, 0.3) is 0 Å². The van der Waals surface area contributed by atoms with Crippen LogP contribution in [0.15, 0.2) is 65.7 Å². The van der Waals surface area contributed by atoms with Crippen LogP contribution in [0, 0.1) is 0 Å². The van der Waals surface area contributed by atoms with E-state index in [1.807, 2.05) is 0 Å². The van der Waals surface area contributed by atoms with Gasteiger partial charge in [0.05, 0.1) is 19.3 Å². The molecule has 1 fully saturated rings. The standard InChI is InChI=1S/C23H31N3O2/c1-24-23(25-14-16-27-18-21-13-8-15-28-21)26-17-22(19-9-4-2-5-10-19)20-11-6-3-7-12-20/h2-7,9-12,21-22H,8,13-18H2,1H3,(H2,24,25,26). The fourth-order valence-corrected chi connectivity index (χ4v) is 3.45. The maximum absolute atomic E-state index is 5.71. The zero-order valence-electron chi connectivity index (χ0n) is 16.6. The Bertz CT molecular complexity index is 661. The van der Waals surface area contributed by atoms with Gasteiger partial charge in [0.15, 0.2) is 5.96 Å². The summed E-state index contributed by atoms with van der Waals surface area (Å²) in [7, 11) is 1.79. The van der Waals surface area contributed by atoms with Gasteiger partial charge >= 0.3 is 0 Å². The van der Waals surface area contributed by atoms with E-state index < -0.39 is 0 Å². The second kappa shape index (κ2) is 11.5. The van der Waals surface area contributed by atoms with E-state index in [-0.39, 0.29) is 12.0 Å². The molecule has 1 saturated heterocycles. The Balaban J connectivity index is 1.47. The number of hydrogen-bond donors (Lipinski definition) is 2. The van der Waals surface area contributed by atoms with Gasteiger partial charge in [0, 0.05) is 32.7 Å². The molecule has 28 heavy (non-hydrogen) atoms. The zero-order chi connectivity index (χ0) is 19.4.